The maximum absolute atomic E-state index is 4.44. The summed E-state index contributed by atoms with van der Waals surface area (Å²) in [4.78, 5) is 4.44. The Hall–Kier alpha value is -0.650. The molecule has 0 saturated heterocycles. The molecule has 20 heavy (non-hydrogen) atoms. The van der Waals surface area contributed by atoms with Gasteiger partial charge in [-0.05, 0) is 36.7 Å². The van der Waals surface area contributed by atoms with Crippen molar-refractivity contribution in [1.82, 2.24) is 14.9 Å². The van der Waals surface area contributed by atoms with Crippen molar-refractivity contribution in [2.45, 2.75) is 25.8 Å². The summed E-state index contributed by atoms with van der Waals surface area (Å²) in [6.45, 7) is 3.18. The molecule has 2 rings (SSSR count). The monoisotopic (exact) mass is 399 g/mol. The number of aromatic nitrogens is 2. The van der Waals surface area contributed by atoms with Gasteiger partial charge in [0.2, 0.25) is 0 Å². The van der Waals surface area contributed by atoms with E-state index < -0.39 is 0 Å². The van der Waals surface area contributed by atoms with Crippen molar-refractivity contribution in [1.29, 1.82) is 0 Å². The highest BCUT2D eigenvalue weighted by Gasteiger charge is 2.17. The van der Waals surface area contributed by atoms with Gasteiger partial charge in [0.05, 0.1) is 0 Å². The molecule has 1 heterocycles. The zero-order valence-electron chi connectivity index (χ0n) is 11.7. The minimum Gasteiger partial charge on any atom is -0.338 e. The summed E-state index contributed by atoms with van der Waals surface area (Å²) in [6, 6.07) is 6.55. The molecule has 108 valence electrons. The predicted octanol–water partition coefficient (Wildman–Crippen LogP) is 4.23. The Bertz CT molecular complexity index is 566. The molecule has 1 unspecified atom stereocenters. The topological polar surface area (TPSA) is 29.9 Å². The Morgan fingerprint density at radius 1 is 1.35 bits per heavy atom. The largest absolute Gasteiger partial charge is 0.338 e. The second-order valence-corrected chi connectivity index (χ2v) is 6.60. The van der Waals surface area contributed by atoms with Crippen molar-refractivity contribution in [3.05, 3.63) is 50.9 Å². The summed E-state index contributed by atoms with van der Waals surface area (Å²) in [6.07, 6.45) is 5.82. The summed E-state index contributed by atoms with van der Waals surface area (Å²) in [7, 11) is 2.04. The van der Waals surface area contributed by atoms with Crippen molar-refractivity contribution < 1.29 is 0 Å². The number of aryl methyl sites for hydroxylation is 1. The Labute approximate surface area is 137 Å². The second kappa shape index (κ2) is 7.38. The summed E-state index contributed by atoms with van der Waals surface area (Å²) in [5.41, 5.74) is 1.26. The number of rotatable bonds is 6. The highest BCUT2D eigenvalue weighted by molar-refractivity contribution is 9.11. The van der Waals surface area contributed by atoms with Crippen LogP contribution in [0, 0.1) is 0 Å². The Morgan fingerprint density at radius 2 is 2.15 bits per heavy atom. The van der Waals surface area contributed by atoms with E-state index >= 15 is 0 Å². The van der Waals surface area contributed by atoms with Crippen molar-refractivity contribution >= 4 is 31.9 Å². The van der Waals surface area contributed by atoms with Crippen LogP contribution in [-0.2, 0) is 13.5 Å². The molecule has 0 saturated carbocycles. The van der Waals surface area contributed by atoms with Gasteiger partial charge in [-0.1, -0.05) is 38.8 Å². The third-order valence-electron chi connectivity index (χ3n) is 3.28. The Morgan fingerprint density at radius 3 is 2.80 bits per heavy atom. The maximum Gasteiger partial charge on any atom is 0.110 e. The van der Waals surface area contributed by atoms with Crippen molar-refractivity contribution in [3.63, 3.8) is 0 Å². The van der Waals surface area contributed by atoms with Crippen LogP contribution >= 0.6 is 31.9 Å². The number of halogens is 2. The van der Waals surface area contributed by atoms with Gasteiger partial charge in [0.15, 0.2) is 0 Å². The lowest BCUT2D eigenvalue weighted by Crippen LogP contribution is -2.25. The van der Waals surface area contributed by atoms with Gasteiger partial charge < -0.3 is 9.88 Å². The summed E-state index contributed by atoms with van der Waals surface area (Å²) in [5.74, 6) is 1.09. The van der Waals surface area contributed by atoms with Crippen LogP contribution in [0.15, 0.2) is 39.5 Å². The zero-order valence-corrected chi connectivity index (χ0v) is 14.9. The number of hydrogen-bond acceptors (Lipinski definition) is 2. The van der Waals surface area contributed by atoms with E-state index in [2.05, 4.69) is 65.8 Å². The first-order chi connectivity index (χ1) is 9.61. The quantitative estimate of drug-likeness (QED) is 0.786. The molecule has 0 aliphatic rings. The summed E-state index contributed by atoms with van der Waals surface area (Å²) < 4.78 is 4.30. The molecule has 0 radical (unpaired) electrons. The summed E-state index contributed by atoms with van der Waals surface area (Å²) >= 11 is 7.21. The van der Waals surface area contributed by atoms with Crippen LogP contribution in [0.2, 0.25) is 0 Å². The molecule has 0 bridgehead atoms. The molecular formula is C15H19Br2N3. The Kier molecular flexibility index (Phi) is 5.81. The standard InChI is InChI=1S/C15H19Br2N3/c1-3-6-18-14(10-15-19-7-8-20(15)2)12-9-11(16)4-5-13(12)17/h4-5,7-9,14,18H,3,6,10H2,1-2H3. The zero-order chi connectivity index (χ0) is 14.5. The van der Waals surface area contributed by atoms with E-state index in [1.807, 2.05) is 25.5 Å². The molecule has 1 N–H and O–H groups in total. The third kappa shape index (κ3) is 3.93. The number of nitrogens with one attached hydrogen (secondary N) is 1. The average molecular weight is 401 g/mol. The van der Waals surface area contributed by atoms with Crippen molar-refractivity contribution in [2.75, 3.05) is 6.54 Å². The van der Waals surface area contributed by atoms with Gasteiger partial charge in [0, 0.05) is 40.8 Å². The highest BCUT2D eigenvalue weighted by Crippen LogP contribution is 2.28. The van der Waals surface area contributed by atoms with Gasteiger partial charge in [-0.25, -0.2) is 4.98 Å². The van der Waals surface area contributed by atoms with E-state index in [-0.39, 0.29) is 6.04 Å². The van der Waals surface area contributed by atoms with Crippen LogP contribution in [0.5, 0.6) is 0 Å². The molecular weight excluding hydrogens is 382 g/mol. The third-order valence-corrected chi connectivity index (χ3v) is 4.50. The second-order valence-electron chi connectivity index (χ2n) is 4.83. The van der Waals surface area contributed by atoms with Crippen LogP contribution < -0.4 is 5.32 Å². The predicted molar refractivity (Wildman–Crippen MR) is 89.8 cm³/mol. The van der Waals surface area contributed by atoms with E-state index in [9.17, 15) is 0 Å². The average Bonchev–Trinajstić information content (AvgIpc) is 2.83. The lowest BCUT2D eigenvalue weighted by atomic mass is 10.0. The van der Waals surface area contributed by atoms with E-state index in [0.717, 1.165) is 34.2 Å². The first kappa shape index (κ1) is 15.7. The molecule has 5 heteroatoms. The number of imidazole rings is 1. The van der Waals surface area contributed by atoms with Crippen molar-refractivity contribution in [2.24, 2.45) is 7.05 Å². The van der Waals surface area contributed by atoms with Gasteiger partial charge in [-0.2, -0.15) is 0 Å². The maximum atomic E-state index is 4.44. The SMILES string of the molecule is CCCNC(Cc1nccn1C)c1cc(Br)ccc1Br. The number of nitrogens with zero attached hydrogens (tertiary/aromatic N) is 2. The highest BCUT2D eigenvalue weighted by atomic mass is 79.9. The first-order valence-corrected chi connectivity index (χ1v) is 8.35. The number of benzene rings is 1. The lowest BCUT2D eigenvalue weighted by Gasteiger charge is -2.20. The van der Waals surface area contributed by atoms with Crippen LogP contribution in [-0.4, -0.2) is 16.1 Å². The molecule has 0 aliphatic carbocycles. The van der Waals surface area contributed by atoms with Crippen LogP contribution in [0.25, 0.3) is 0 Å². The molecule has 1 aromatic carbocycles. The fourth-order valence-electron chi connectivity index (χ4n) is 2.17. The van der Waals surface area contributed by atoms with Crippen LogP contribution in [0.1, 0.15) is 30.8 Å². The van der Waals surface area contributed by atoms with Crippen LogP contribution in [0.3, 0.4) is 0 Å². The molecule has 0 fully saturated rings. The molecule has 0 amide bonds. The molecule has 3 nitrogen and oxygen atoms in total. The first-order valence-electron chi connectivity index (χ1n) is 6.76. The van der Waals surface area contributed by atoms with E-state index in [0.29, 0.717) is 0 Å². The molecule has 0 spiro atoms. The summed E-state index contributed by atoms with van der Waals surface area (Å²) in [5, 5.41) is 3.62. The number of hydrogen-bond donors (Lipinski definition) is 1. The minimum absolute atomic E-state index is 0.253. The Balaban J connectivity index is 2.27. The fourth-order valence-corrected chi connectivity index (χ4v) is 3.07. The van der Waals surface area contributed by atoms with Crippen molar-refractivity contribution in [3.8, 4) is 0 Å². The molecule has 0 aliphatic heterocycles. The molecule has 1 aromatic heterocycles. The molecule has 2 aromatic rings. The lowest BCUT2D eigenvalue weighted by molar-refractivity contribution is 0.510. The van der Waals surface area contributed by atoms with Gasteiger partial charge in [0.25, 0.3) is 0 Å². The minimum atomic E-state index is 0.253. The van der Waals surface area contributed by atoms with Gasteiger partial charge >= 0.3 is 0 Å². The van der Waals surface area contributed by atoms with Crippen LogP contribution in [0.4, 0.5) is 0 Å². The fraction of sp³-hybridized carbons (Fsp3) is 0.400. The van der Waals surface area contributed by atoms with E-state index in [4.69, 9.17) is 0 Å². The van der Waals surface area contributed by atoms with Gasteiger partial charge in [-0.3, -0.25) is 0 Å². The smallest absolute Gasteiger partial charge is 0.110 e. The van der Waals surface area contributed by atoms with Gasteiger partial charge in [-0.15, -0.1) is 0 Å². The normalized spacial score (nSPS) is 12.6. The van der Waals surface area contributed by atoms with E-state index in [1.54, 1.807) is 0 Å². The van der Waals surface area contributed by atoms with Gasteiger partial charge in [0.1, 0.15) is 5.82 Å². The van der Waals surface area contributed by atoms with E-state index in [1.165, 1.54) is 5.56 Å². The molecule has 1 atom stereocenters.